The highest BCUT2D eigenvalue weighted by atomic mass is 16.1. The van der Waals surface area contributed by atoms with Crippen molar-refractivity contribution in [1.82, 2.24) is 0 Å². The Labute approximate surface area is 885 Å². The molecule has 12 saturated carbocycles. The molecule has 0 spiro atoms. The molecule has 4 bridgehead atoms. The predicted molar refractivity (Wildman–Crippen MR) is 652 cm³/mol. The van der Waals surface area contributed by atoms with Gasteiger partial charge in [0.1, 0.15) is 0 Å². The van der Waals surface area contributed by atoms with E-state index in [1.165, 1.54) is 405 Å². The molecule has 1 nitrogen and oxygen atoms in total. The van der Waals surface area contributed by atoms with Crippen LogP contribution in [0.2, 0.25) is 0 Å². The number of aryl methyl sites for hydroxylation is 7. The molecule has 0 unspecified atom stereocenters. The van der Waals surface area contributed by atoms with E-state index in [0.29, 0.717) is 5.78 Å². The lowest BCUT2D eigenvalue weighted by molar-refractivity contribution is 0.0198. The molecular weight excluding hydrogens is 1700 g/mol. The van der Waals surface area contributed by atoms with Crippen molar-refractivity contribution in [3.63, 3.8) is 0 Å². The van der Waals surface area contributed by atoms with Gasteiger partial charge in [0.05, 0.1) is 0 Å². The van der Waals surface area contributed by atoms with Gasteiger partial charge in [-0.2, -0.15) is 0 Å². The molecule has 27 rings (SSSR count). The Morgan fingerprint density at radius 1 is 0.163 bits per heavy atom. The van der Waals surface area contributed by atoms with Crippen molar-refractivity contribution in [2.24, 2.45) is 35.5 Å². The first-order valence-corrected chi connectivity index (χ1v) is 55.0. The van der Waals surface area contributed by atoms with Crippen LogP contribution in [0.3, 0.4) is 0 Å². The van der Waals surface area contributed by atoms with Crippen LogP contribution in [0, 0.1) is 35.5 Å². The maximum absolute atomic E-state index is 11.3. The van der Waals surface area contributed by atoms with E-state index in [9.17, 15) is 4.79 Å². The lowest BCUT2D eigenvalue weighted by Gasteiger charge is -2.49. The lowest BCUT2D eigenvalue weighted by Crippen LogP contribution is -2.38. The second-order valence-electron chi connectivity index (χ2n) is 40.9. The van der Waals surface area contributed by atoms with Gasteiger partial charge in [0, 0.05) is 12.0 Å². The number of carbonyl (C=O) groups excluding carboxylic acids is 1. The maximum atomic E-state index is 11.3. The van der Waals surface area contributed by atoms with Crippen molar-refractivity contribution in [3.05, 3.63) is 274 Å². The van der Waals surface area contributed by atoms with Gasteiger partial charge in [0.2, 0.25) is 0 Å². The first-order valence-electron chi connectivity index (χ1n) is 55.0. The van der Waals surface area contributed by atoms with Gasteiger partial charge in [-0.15, -0.1) is 0 Å². The van der Waals surface area contributed by atoms with E-state index in [-0.39, 0.29) is 104 Å². The summed E-state index contributed by atoms with van der Waals surface area (Å²) in [6.07, 6.45) is 128. The monoisotopic (exact) mass is 1940 g/mol. The molecule has 21 aliphatic rings. The molecule has 141 heavy (non-hydrogen) atoms. The molecule has 1 heteroatoms. The van der Waals surface area contributed by atoms with Crippen LogP contribution in [-0.4, -0.2) is 5.78 Å². The molecular formula is C140H240O. The Kier molecular flexibility index (Phi) is 95.7. The van der Waals surface area contributed by atoms with Crippen LogP contribution in [-0.2, 0) is 51.4 Å². The van der Waals surface area contributed by atoms with E-state index >= 15 is 0 Å². The second-order valence-corrected chi connectivity index (χ2v) is 40.9. The van der Waals surface area contributed by atoms with Gasteiger partial charge >= 0.3 is 0 Å². The molecule has 0 amide bonds. The SMILES string of the molecule is C.C.C.C.C.C.C.C.C.C.C.C.C.C.C1=CCC=CC1.C1=CCCC1.C1=CCCC=C1.C1=CCCCC1.C1C2CC3CC1CC(C2)C3.C1CC1.C1CCC1.C1CCC2CCCCC2C1.C1CCCC1.C1CCCCC1.C1CCCCCC1.C1CCCCCCC1.O=C1CCCc2ccccc21.c1ccc2c(c1)CC2.c1ccc2c(c1)CCC2.c1ccc2c(c1)CCCC2.c1ccc2c(c1)Cc1ccccc1-2. The Bertz CT molecular complexity index is 3640. The number of ketones is 1. The third kappa shape index (κ3) is 62.9. The van der Waals surface area contributed by atoms with Gasteiger partial charge in [0.25, 0.3) is 0 Å². The molecule has 6 aromatic rings. The number of fused-ring (bicyclic) bond motifs is 8. The van der Waals surface area contributed by atoms with Crippen LogP contribution in [0.1, 0.15) is 569 Å². The second kappa shape index (κ2) is 94.4. The van der Waals surface area contributed by atoms with Crippen molar-refractivity contribution >= 4 is 5.78 Å². The normalized spacial score (nSPS) is 21.2. The van der Waals surface area contributed by atoms with Gasteiger partial charge in [-0.1, -0.05) is 586 Å². The minimum absolute atomic E-state index is 0. The Hall–Kier alpha value is -6.57. The van der Waals surface area contributed by atoms with Crippen LogP contribution < -0.4 is 0 Å². The highest BCUT2D eigenvalue weighted by molar-refractivity contribution is 5.98. The smallest absolute Gasteiger partial charge is 0.163 e. The van der Waals surface area contributed by atoms with E-state index in [1.54, 1.807) is 97.6 Å². The minimum Gasteiger partial charge on any atom is -0.294 e. The number of benzene rings is 6. The fourth-order valence-electron chi connectivity index (χ4n) is 22.1. The maximum Gasteiger partial charge on any atom is 0.163 e. The number of carbonyl (C=O) groups is 1. The summed E-state index contributed by atoms with van der Waals surface area (Å²) in [5, 5.41) is 0. The first kappa shape index (κ1) is 143. The van der Waals surface area contributed by atoms with E-state index in [2.05, 4.69) is 194 Å². The standard InChI is InChI=1S/C13H10.C10H10O.C10H16.C10H18.C10H12.C9H10.C8H8.C8H16.C7H14.C6H12.C6H10.2C6H8.C5H10.C5H8.C4H8.C3H6.14CH4/c1-3-7-12-10(5-1)9-11-6-2-4-8-13(11)12;11-10-7-3-5-8-4-1-2-6-9(8)10;1-7-2-9-4-8(1)5-10(3-7)6-9;2*1-2-6-10-8-4-3-7-9(10)5-1;1-2-5-9-7-3-6-8(9)4-1;1-2-4-8-6-5-7(8)3-1;1-2-4-6-8-7-5-3-1;1-2-4-6-7-5-3-1;4*1-2-4-6-5-3-1;2*1-2-4-5-3-1;1-2-4-3-1;1-2-3-1;;;;;;;;;;;;;;/h1-8H,9H2;1-2,4,6H,3,5,7H2;7-10H,1-6H2;9-10H,1-8H2;1-2,5-6H,3-4,7-8H2;1-2,4-5H,3,6-7H2;1-4H,5-6H2;1-8H2;1-7H2;1-6H2;1-2H,3-6H2;1-2,5-6H,3-4H2;1-4H,5-6H2;1-5H2;1-2H,3-5H2;1-4H2;1-3H2;14*1H4. The van der Waals surface area contributed by atoms with Gasteiger partial charge in [0.15, 0.2) is 5.78 Å². The molecule has 806 valence electrons. The number of Topliss-reactive ketones (excluding diaryl/α,β-unsaturated/α-hetero) is 1. The Morgan fingerprint density at radius 3 is 0.589 bits per heavy atom. The summed E-state index contributed by atoms with van der Waals surface area (Å²) in [5.41, 5.74) is 17.3. The summed E-state index contributed by atoms with van der Waals surface area (Å²) in [5.74, 6) is 7.33. The summed E-state index contributed by atoms with van der Waals surface area (Å²) in [4.78, 5) is 11.3. The average Bonchev–Trinajstić information content (AvgIpc) is 1.70. The van der Waals surface area contributed by atoms with E-state index < -0.39 is 0 Å². The summed E-state index contributed by atoms with van der Waals surface area (Å²) in [6.45, 7) is 0. The lowest BCUT2D eigenvalue weighted by atomic mass is 9.56. The van der Waals surface area contributed by atoms with Gasteiger partial charge in [-0.25, -0.2) is 0 Å². The number of hydrogen-bond donors (Lipinski definition) is 0. The zero-order valence-corrected chi connectivity index (χ0v) is 81.4. The van der Waals surface area contributed by atoms with Crippen LogP contribution in [0.5, 0.6) is 0 Å². The fourth-order valence-corrected chi connectivity index (χ4v) is 22.1. The van der Waals surface area contributed by atoms with E-state index in [4.69, 9.17) is 0 Å². The molecule has 0 aromatic heterocycles. The summed E-state index contributed by atoms with van der Waals surface area (Å²) >= 11 is 0. The molecule has 0 aliphatic heterocycles. The van der Waals surface area contributed by atoms with Crippen molar-refractivity contribution in [1.29, 1.82) is 0 Å². The molecule has 0 heterocycles. The summed E-state index contributed by atoms with van der Waals surface area (Å²) in [7, 11) is 0. The van der Waals surface area contributed by atoms with E-state index in [1.807, 2.05) is 24.3 Å². The number of rotatable bonds is 0. The zero-order chi connectivity index (χ0) is 87.6. The molecule has 12 fully saturated rings. The van der Waals surface area contributed by atoms with Crippen molar-refractivity contribution in [3.8, 4) is 11.1 Å². The first-order chi connectivity index (χ1) is 63.1. The van der Waals surface area contributed by atoms with Crippen LogP contribution in [0.4, 0.5) is 0 Å². The molecule has 0 atom stereocenters. The number of hydrogen-bond acceptors (Lipinski definition) is 1. The summed E-state index contributed by atoms with van der Waals surface area (Å²) < 4.78 is 0. The third-order valence-electron chi connectivity index (χ3n) is 30.1. The summed E-state index contributed by atoms with van der Waals surface area (Å²) in [6, 6.07) is 51.4. The zero-order valence-electron chi connectivity index (χ0n) is 81.4. The predicted octanol–water partition coefficient (Wildman–Crippen LogP) is 47.6. The topological polar surface area (TPSA) is 17.1 Å². The van der Waals surface area contributed by atoms with Gasteiger partial charge in [-0.05, 0) is 283 Å². The van der Waals surface area contributed by atoms with E-state index in [0.717, 1.165) is 55.9 Å². The largest absolute Gasteiger partial charge is 0.294 e. The number of allylic oxidation sites excluding steroid dienone is 12. The van der Waals surface area contributed by atoms with Crippen molar-refractivity contribution in [2.75, 3.05) is 0 Å². The molecule has 0 N–H and O–H groups in total. The van der Waals surface area contributed by atoms with Crippen LogP contribution in [0.15, 0.2) is 219 Å². The van der Waals surface area contributed by atoms with Gasteiger partial charge in [-0.3, -0.25) is 4.79 Å². The third-order valence-corrected chi connectivity index (χ3v) is 30.1. The minimum atomic E-state index is 0. The van der Waals surface area contributed by atoms with Crippen molar-refractivity contribution < 1.29 is 4.79 Å². The molecule has 0 saturated heterocycles. The molecule has 21 aliphatic carbocycles. The highest BCUT2D eigenvalue weighted by Gasteiger charge is 2.42. The Morgan fingerprint density at radius 2 is 0.376 bits per heavy atom. The molecule has 0 radical (unpaired) electrons. The van der Waals surface area contributed by atoms with Crippen LogP contribution >= 0.6 is 0 Å². The fraction of sp³-hybridized carbons (Fsp3) is 0.650. The highest BCUT2D eigenvalue weighted by Crippen LogP contribution is 2.53. The molecule has 6 aromatic carbocycles. The Balaban J connectivity index is -0.000000466. The van der Waals surface area contributed by atoms with Gasteiger partial charge < -0.3 is 0 Å². The quantitative estimate of drug-likeness (QED) is 0.109. The van der Waals surface area contributed by atoms with Crippen molar-refractivity contribution in [2.45, 2.75) is 560 Å². The average molecular weight is 1940 g/mol. The van der Waals surface area contributed by atoms with Crippen LogP contribution in [0.25, 0.3) is 11.1 Å².